The smallest absolute Gasteiger partial charge is 0.252 e. The van der Waals surface area contributed by atoms with E-state index in [1.54, 1.807) is 13.1 Å². The Kier molecular flexibility index (Phi) is 2.22. The minimum atomic E-state index is -0.0429. The topological polar surface area (TPSA) is 48.0 Å². The van der Waals surface area contributed by atoms with Crippen molar-refractivity contribution in [2.75, 3.05) is 5.73 Å². The number of hydrogen-bond acceptors (Lipinski definition) is 2. The van der Waals surface area contributed by atoms with E-state index in [-0.39, 0.29) is 5.56 Å². The monoisotopic (exact) mass is 166 g/mol. The standard InChI is InChI=1S/C9H14N2O/c1-6(2)7-4-8(10)11(3)9(12)5-7/h4-6H,10H2,1-3H3. The Labute approximate surface area is 71.8 Å². The Balaban J connectivity index is 3.31. The molecule has 3 heteroatoms. The predicted molar refractivity (Wildman–Crippen MR) is 50.2 cm³/mol. The maximum absolute atomic E-state index is 11.2. The average molecular weight is 166 g/mol. The highest BCUT2D eigenvalue weighted by Crippen LogP contribution is 2.13. The molecule has 0 unspecified atom stereocenters. The molecular weight excluding hydrogens is 152 g/mol. The summed E-state index contributed by atoms with van der Waals surface area (Å²) in [5, 5.41) is 0. The molecule has 1 aromatic heterocycles. The zero-order valence-electron chi connectivity index (χ0n) is 7.66. The van der Waals surface area contributed by atoms with Crippen LogP contribution in [0.4, 0.5) is 5.82 Å². The molecule has 0 saturated heterocycles. The van der Waals surface area contributed by atoms with E-state index in [1.165, 1.54) is 4.57 Å². The molecule has 0 fully saturated rings. The van der Waals surface area contributed by atoms with Gasteiger partial charge in [0, 0.05) is 13.1 Å². The van der Waals surface area contributed by atoms with Crippen LogP contribution in [-0.4, -0.2) is 4.57 Å². The molecule has 66 valence electrons. The van der Waals surface area contributed by atoms with E-state index in [2.05, 4.69) is 0 Å². The third kappa shape index (κ3) is 1.49. The molecule has 0 atom stereocenters. The molecule has 1 aromatic rings. The van der Waals surface area contributed by atoms with E-state index < -0.39 is 0 Å². The molecule has 0 bridgehead atoms. The van der Waals surface area contributed by atoms with Gasteiger partial charge < -0.3 is 5.73 Å². The normalized spacial score (nSPS) is 10.7. The van der Waals surface area contributed by atoms with Crippen molar-refractivity contribution < 1.29 is 0 Å². The van der Waals surface area contributed by atoms with Crippen molar-refractivity contribution in [3.8, 4) is 0 Å². The Bertz CT molecular complexity index is 339. The average Bonchev–Trinajstić information content (AvgIpc) is 1.99. The van der Waals surface area contributed by atoms with Crippen LogP contribution >= 0.6 is 0 Å². The molecule has 0 saturated carbocycles. The Morgan fingerprint density at radius 1 is 1.42 bits per heavy atom. The van der Waals surface area contributed by atoms with E-state index >= 15 is 0 Å². The molecule has 2 N–H and O–H groups in total. The Morgan fingerprint density at radius 2 is 2.00 bits per heavy atom. The summed E-state index contributed by atoms with van der Waals surface area (Å²) in [5.74, 6) is 0.868. The van der Waals surface area contributed by atoms with Crippen molar-refractivity contribution in [3.05, 3.63) is 28.0 Å². The first-order valence-corrected chi connectivity index (χ1v) is 3.99. The van der Waals surface area contributed by atoms with Crippen LogP contribution < -0.4 is 11.3 Å². The minimum Gasteiger partial charge on any atom is -0.385 e. The summed E-state index contributed by atoms with van der Waals surface area (Å²) in [6.07, 6.45) is 0. The van der Waals surface area contributed by atoms with Crippen LogP contribution in [0.15, 0.2) is 16.9 Å². The zero-order chi connectivity index (χ0) is 9.30. The van der Waals surface area contributed by atoms with E-state index in [4.69, 9.17) is 5.73 Å². The third-order valence-electron chi connectivity index (χ3n) is 1.99. The van der Waals surface area contributed by atoms with Gasteiger partial charge in [0.1, 0.15) is 5.82 Å². The first-order chi connectivity index (χ1) is 5.52. The number of aromatic nitrogens is 1. The lowest BCUT2D eigenvalue weighted by atomic mass is 10.1. The van der Waals surface area contributed by atoms with Crippen molar-refractivity contribution >= 4 is 5.82 Å². The predicted octanol–water partition coefficient (Wildman–Crippen LogP) is 1.09. The van der Waals surface area contributed by atoms with Gasteiger partial charge in [0.25, 0.3) is 5.56 Å². The highest BCUT2D eigenvalue weighted by molar-refractivity contribution is 5.34. The number of nitrogens with two attached hydrogens (primary N) is 1. The fourth-order valence-electron chi connectivity index (χ4n) is 1.01. The second-order valence-corrected chi connectivity index (χ2v) is 3.27. The molecule has 0 spiro atoms. The van der Waals surface area contributed by atoms with Crippen LogP contribution in [0.5, 0.6) is 0 Å². The molecule has 0 aliphatic carbocycles. The first-order valence-electron chi connectivity index (χ1n) is 3.99. The molecule has 0 aliphatic rings. The van der Waals surface area contributed by atoms with Crippen LogP contribution in [0.25, 0.3) is 0 Å². The van der Waals surface area contributed by atoms with E-state index in [0.717, 1.165) is 5.56 Å². The van der Waals surface area contributed by atoms with Crippen molar-refractivity contribution in [1.82, 2.24) is 4.57 Å². The third-order valence-corrected chi connectivity index (χ3v) is 1.99. The van der Waals surface area contributed by atoms with Crippen molar-refractivity contribution in [3.63, 3.8) is 0 Å². The van der Waals surface area contributed by atoms with E-state index in [1.807, 2.05) is 19.9 Å². The molecule has 0 aromatic carbocycles. The van der Waals surface area contributed by atoms with Gasteiger partial charge in [0.05, 0.1) is 0 Å². The number of pyridine rings is 1. The Hall–Kier alpha value is -1.25. The lowest BCUT2D eigenvalue weighted by Crippen LogP contribution is -2.19. The van der Waals surface area contributed by atoms with Crippen LogP contribution in [0.2, 0.25) is 0 Å². The molecule has 12 heavy (non-hydrogen) atoms. The van der Waals surface area contributed by atoms with Gasteiger partial charge in [-0.15, -0.1) is 0 Å². The van der Waals surface area contributed by atoms with Crippen LogP contribution in [0.3, 0.4) is 0 Å². The van der Waals surface area contributed by atoms with E-state index in [0.29, 0.717) is 11.7 Å². The molecular formula is C9H14N2O. The molecule has 0 aliphatic heterocycles. The lowest BCUT2D eigenvalue weighted by molar-refractivity contribution is 0.822. The summed E-state index contributed by atoms with van der Waals surface area (Å²) in [6, 6.07) is 3.47. The molecule has 1 heterocycles. The van der Waals surface area contributed by atoms with Gasteiger partial charge in [-0.1, -0.05) is 13.8 Å². The number of nitrogen functional groups attached to an aromatic ring is 1. The fourth-order valence-corrected chi connectivity index (χ4v) is 1.01. The van der Waals surface area contributed by atoms with E-state index in [9.17, 15) is 4.79 Å². The summed E-state index contributed by atoms with van der Waals surface area (Å²) in [6.45, 7) is 4.07. The number of rotatable bonds is 1. The largest absolute Gasteiger partial charge is 0.385 e. The zero-order valence-corrected chi connectivity index (χ0v) is 7.66. The molecule has 0 amide bonds. The fraction of sp³-hybridized carbons (Fsp3) is 0.444. The number of nitrogens with zero attached hydrogens (tertiary/aromatic N) is 1. The first kappa shape index (κ1) is 8.84. The second kappa shape index (κ2) is 3.01. The van der Waals surface area contributed by atoms with Crippen LogP contribution in [0, 0.1) is 0 Å². The quantitative estimate of drug-likeness (QED) is 0.679. The molecule has 3 nitrogen and oxygen atoms in total. The molecule has 0 radical (unpaired) electrons. The van der Waals surface area contributed by atoms with Gasteiger partial charge in [-0.25, -0.2) is 0 Å². The maximum Gasteiger partial charge on any atom is 0.252 e. The summed E-state index contributed by atoms with van der Waals surface area (Å²) in [5.41, 5.74) is 6.58. The van der Waals surface area contributed by atoms with Crippen molar-refractivity contribution in [1.29, 1.82) is 0 Å². The maximum atomic E-state index is 11.2. The van der Waals surface area contributed by atoms with Gasteiger partial charge in [0.2, 0.25) is 0 Å². The molecule has 1 rings (SSSR count). The van der Waals surface area contributed by atoms with Gasteiger partial charge in [-0.05, 0) is 17.5 Å². The highest BCUT2D eigenvalue weighted by Gasteiger charge is 2.03. The van der Waals surface area contributed by atoms with Gasteiger partial charge in [-0.3, -0.25) is 9.36 Å². The van der Waals surface area contributed by atoms with Gasteiger partial charge >= 0.3 is 0 Å². The van der Waals surface area contributed by atoms with Crippen molar-refractivity contribution in [2.45, 2.75) is 19.8 Å². The summed E-state index contributed by atoms with van der Waals surface area (Å²) >= 11 is 0. The summed E-state index contributed by atoms with van der Waals surface area (Å²) in [4.78, 5) is 11.2. The van der Waals surface area contributed by atoms with Crippen molar-refractivity contribution in [2.24, 2.45) is 7.05 Å². The van der Waals surface area contributed by atoms with Crippen LogP contribution in [0.1, 0.15) is 25.3 Å². The number of hydrogen-bond donors (Lipinski definition) is 1. The summed E-state index contributed by atoms with van der Waals surface area (Å²) in [7, 11) is 1.67. The summed E-state index contributed by atoms with van der Waals surface area (Å²) < 4.78 is 1.44. The second-order valence-electron chi connectivity index (χ2n) is 3.27. The SMILES string of the molecule is CC(C)c1cc(N)n(C)c(=O)c1. The number of anilines is 1. The Morgan fingerprint density at radius 3 is 2.42 bits per heavy atom. The lowest BCUT2D eigenvalue weighted by Gasteiger charge is -2.08. The minimum absolute atomic E-state index is 0.0429. The van der Waals surface area contributed by atoms with Crippen LogP contribution in [-0.2, 0) is 7.05 Å². The van der Waals surface area contributed by atoms with Gasteiger partial charge in [-0.2, -0.15) is 0 Å². The van der Waals surface area contributed by atoms with Gasteiger partial charge in [0.15, 0.2) is 0 Å². The highest BCUT2D eigenvalue weighted by atomic mass is 16.1.